The van der Waals surface area contributed by atoms with E-state index in [2.05, 4.69) is 5.32 Å². The van der Waals surface area contributed by atoms with Gasteiger partial charge in [0.1, 0.15) is 0 Å². The molecule has 0 radical (unpaired) electrons. The molecule has 2 aliphatic heterocycles. The van der Waals surface area contributed by atoms with Gasteiger partial charge in [-0.15, -0.1) is 0 Å². The number of fused-ring (bicyclic) bond motifs is 2. The molecule has 6 unspecified atom stereocenters. The second kappa shape index (κ2) is 5.37. The van der Waals surface area contributed by atoms with E-state index in [0.717, 1.165) is 17.8 Å². The largest absolute Gasteiger partial charge is 0.373 e. The van der Waals surface area contributed by atoms with Crippen molar-refractivity contribution in [1.82, 2.24) is 5.32 Å². The average molecular weight is 263 g/mol. The van der Waals surface area contributed by atoms with Crippen LogP contribution in [-0.2, 0) is 4.74 Å². The van der Waals surface area contributed by atoms with Crippen molar-refractivity contribution >= 4 is 0 Å². The Labute approximate surface area is 117 Å². The topological polar surface area (TPSA) is 21.3 Å². The van der Waals surface area contributed by atoms with Crippen LogP contribution in [0.4, 0.5) is 0 Å². The van der Waals surface area contributed by atoms with E-state index in [-0.39, 0.29) is 0 Å². The molecule has 2 heteroatoms. The quantitative estimate of drug-likeness (QED) is 0.782. The highest BCUT2D eigenvalue weighted by Gasteiger charge is 2.44. The predicted molar refractivity (Wildman–Crippen MR) is 77.1 cm³/mol. The van der Waals surface area contributed by atoms with Crippen molar-refractivity contribution < 1.29 is 4.74 Å². The fourth-order valence-electron chi connectivity index (χ4n) is 5.43. The van der Waals surface area contributed by atoms with Crippen LogP contribution in [-0.4, -0.2) is 24.8 Å². The van der Waals surface area contributed by atoms with Crippen molar-refractivity contribution in [3.63, 3.8) is 0 Å². The molecule has 2 saturated heterocycles. The molecular formula is C17H29NO. The minimum Gasteiger partial charge on any atom is -0.373 e. The molecule has 0 spiro atoms. The van der Waals surface area contributed by atoms with Crippen molar-refractivity contribution in [2.24, 2.45) is 17.8 Å². The van der Waals surface area contributed by atoms with Crippen LogP contribution in [0.1, 0.15) is 64.2 Å². The molecule has 0 aromatic heterocycles. The number of ether oxygens (including phenoxy) is 1. The second-order valence-corrected chi connectivity index (χ2v) is 7.48. The summed E-state index contributed by atoms with van der Waals surface area (Å²) in [5.41, 5.74) is 0. The molecule has 2 heterocycles. The Morgan fingerprint density at radius 3 is 2.42 bits per heavy atom. The first kappa shape index (κ1) is 12.6. The molecule has 4 aliphatic rings. The molecule has 6 atom stereocenters. The molecule has 1 N–H and O–H groups in total. The van der Waals surface area contributed by atoms with Gasteiger partial charge < -0.3 is 10.1 Å². The van der Waals surface area contributed by atoms with Crippen molar-refractivity contribution in [2.75, 3.05) is 6.54 Å². The van der Waals surface area contributed by atoms with Crippen LogP contribution in [0.5, 0.6) is 0 Å². The maximum atomic E-state index is 6.56. The Balaban J connectivity index is 1.42. The van der Waals surface area contributed by atoms with Gasteiger partial charge >= 0.3 is 0 Å². The van der Waals surface area contributed by atoms with Gasteiger partial charge in [0.15, 0.2) is 0 Å². The van der Waals surface area contributed by atoms with E-state index >= 15 is 0 Å². The van der Waals surface area contributed by atoms with Crippen LogP contribution in [0, 0.1) is 17.8 Å². The standard InChI is InChI=1S/C17H29NO/c1-3-7-14-13(6-1)11-18-17(14)16-10-9-12-5-2-4-8-15(12)19-16/h12-18H,1-11H2. The SMILES string of the molecule is C1CCC2OC(C3NCC4CCCCC43)CCC2C1. The van der Waals surface area contributed by atoms with Crippen LogP contribution in [0.25, 0.3) is 0 Å². The lowest BCUT2D eigenvalue weighted by atomic mass is 9.74. The van der Waals surface area contributed by atoms with E-state index in [9.17, 15) is 0 Å². The Kier molecular flexibility index (Phi) is 3.57. The molecule has 0 aromatic rings. The van der Waals surface area contributed by atoms with E-state index < -0.39 is 0 Å². The molecule has 108 valence electrons. The Morgan fingerprint density at radius 2 is 1.47 bits per heavy atom. The first-order chi connectivity index (χ1) is 9.42. The lowest BCUT2D eigenvalue weighted by Gasteiger charge is -2.43. The highest BCUT2D eigenvalue weighted by atomic mass is 16.5. The summed E-state index contributed by atoms with van der Waals surface area (Å²) in [6.45, 7) is 1.27. The van der Waals surface area contributed by atoms with Crippen molar-refractivity contribution in [1.29, 1.82) is 0 Å². The Morgan fingerprint density at radius 1 is 0.684 bits per heavy atom. The maximum Gasteiger partial charge on any atom is 0.0734 e. The minimum absolute atomic E-state index is 0.535. The van der Waals surface area contributed by atoms with Gasteiger partial charge in [-0.2, -0.15) is 0 Å². The lowest BCUT2D eigenvalue weighted by Crippen LogP contribution is -2.48. The van der Waals surface area contributed by atoms with Gasteiger partial charge in [0.05, 0.1) is 12.2 Å². The van der Waals surface area contributed by atoms with E-state index in [4.69, 9.17) is 4.74 Å². The molecule has 4 fully saturated rings. The predicted octanol–water partition coefficient (Wildman–Crippen LogP) is 3.50. The fourth-order valence-corrected chi connectivity index (χ4v) is 5.43. The zero-order chi connectivity index (χ0) is 12.7. The molecule has 0 bridgehead atoms. The van der Waals surface area contributed by atoms with E-state index in [1.165, 1.54) is 70.8 Å². The lowest BCUT2D eigenvalue weighted by molar-refractivity contribution is -0.115. The van der Waals surface area contributed by atoms with Gasteiger partial charge in [0.2, 0.25) is 0 Å². The van der Waals surface area contributed by atoms with Gasteiger partial charge in [-0.1, -0.05) is 25.7 Å². The third-order valence-corrected chi connectivity index (χ3v) is 6.46. The first-order valence-electron chi connectivity index (χ1n) is 8.80. The summed E-state index contributed by atoms with van der Waals surface area (Å²) in [5.74, 6) is 2.79. The normalized spacial score (nSPS) is 50.5. The highest BCUT2D eigenvalue weighted by molar-refractivity contribution is 4.98. The summed E-state index contributed by atoms with van der Waals surface area (Å²) in [6.07, 6.45) is 15.4. The zero-order valence-electron chi connectivity index (χ0n) is 12.2. The van der Waals surface area contributed by atoms with Crippen LogP contribution in [0.2, 0.25) is 0 Å². The Hall–Kier alpha value is -0.0800. The van der Waals surface area contributed by atoms with Crippen LogP contribution < -0.4 is 5.32 Å². The highest BCUT2D eigenvalue weighted by Crippen LogP contribution is 2.42. The summed E-state index contributed by atoms with van der Waals surface area (Å²) in [4.78, 5) is 0. The number of nitrogens with one attached hydrogen (secondary N) is 1. The van der Waals surface area contributed by atoms with Gasteiger partial charge in [0, 0.05) is 6.04 Å². The third-order valence-electron chi connectivity index (χ3n) is 6.46. The molecule has 0 amide bonds. The van der Waals surface area contributed by atoms with Gasteiger partial charge in [-0.3, -0.25) is 0 Å². The number of hydrogen-bond acceptors (Lipinski definition) is 2. The molecule has 0 aromatic carbocycles. The summed E-state index contributed by atoms with van der Waals surface area (Å²) in [5, 5.41) is 3.84. The molecule has 2 nitrogen and oxygen atoms in total. The van der Waals surface area contributed by atoms with Gasteiger partial charge in [0.25, 0.3) is 0 Å². The summed E-state index contributed by atoms with van der Waals surface area (Å²) >= 11 is 0. The van der Waals surface area contributed by atoms with Crippen molar-refractivity contribution in [2.45, 2.75) is 82.5 Å². The fraction of sp³-hybridized carbons (Fsp3) is 1.00. The monoisotopic (exact) mass is 263 g/mol. The first-order valence-corrected chi connectivity index (χ1v) is 8.80. The molecule has 2 aliphatic carbocycles. The molecule has 19 heavy (non-hydrogen) atoms. The van der Waals surface area contributed by atoms with Crippen LogP contribution in [0.15, 0.2) is 0 Å². The Bertz CT molecular complexity index is 318. The summed E-state index contributed by atoms with van der Waals surface area (Å²) in [6, 6.07) is 0.688. The average Bonchev–Trinajstić information content (AvgIpc) is 2.91. The third kappa shape index (κ3) is 2.35. The molecular weight excluding hydrogens is 234 g/mol. The van der Waals surface area contributed by atoms with E-state index in [1.54, 1.807) is 0 Å². The van der Waals surface area contributed by atoms with E-state index in [1.807, 2.05) is 0 Å². The van der Waals surface area contributed by atoms with Gasteiger partial charge in [-0.25, -0.2) is 0 Å². The molecule has 4 rings (SSSR count). The summed E-state index contributed by atoms with van der Waals surface area (Å²) in [7, 11) is 0. The number of hydrogen-bond donors (Lipinski definition) is 1. The summed E-state index contributed by atoms with van der Waals surface area (Å²) < 4.78 is 6.56. The number of rotatable bonds is 1. The molecule has 2 saturated carbocycles. The van der Waals surface area contributed by atoms with Crippen molar-refractivity contribution in [3.05, 3.63) is 0 Å². The zero-order valence-corrected chi connectivity index (χ0v) is 12.2. The van der Waals surface area contributed by atoms with Crippen molar-refractivity contribution in [3.8, 4) is 0 Å². The van der Waals surface area contributed by atoms with Crippen LogP contribution in [0.3, 0.4) is 0 Å². The maximum absolute atomic E-state index is 6.56. The van der Waals surface area contributed by atoms with Gasteiger partial charge in [-0.05, 0) is 62.8 Å². The second-order valence-electron chi connectivity index (χ2n) is 7.48. The minimum atomic E-state index is 0.535. The smallest absolute Gasteiger partial charge is 0.0734 e. The van der Waals surface area contributed by atoms with Crippen LogP contribution >= 0.6 is 0 Å². The van der Waals surface area contributed by atoms with E-state index in [0.29, 0.717) is 18.2 Å².